The lowest BCUT2D eigenvalue weighted by atomic mass is 9.93. The molecule has 0 spiro atoms. The highest BCUT2D eigenvalue weighted by molar-refractivity contribution is 6.30. The van der Waals surface area contributed by atoms with Crippen molar-refractivity contribution in [1.82, 2.24) is 4.90 Å². The van der Waals surface area contributed by atoms with Crippen LogP contribution in [0.5, 0.6) is 0 Å². The quantitative estimate of drug-likeness (QED) is 0.881. The molecule has 1 aliphatic heterocycles. The van der Waals surface area contributed by atoms with Crippen LogP contribution in [0.15, 0.2) is 24.3 Å². The summed E-state index contributed by atoms with van der Waals surface area (Å²) in [6.45, 7) is 2.46. The van der Waals surface area contributed by atoms with E-state index in [1.807, 2.05) is 6.92 Å². The van der Waals surface area contributed by atoms with Crippen molar-refractivity contribution in [1.29, 1.82) is 0 Å². The lowest BCUT2D eigenvalue weighted by molar-refractivity contribution is -0.143. The maximum atomic E-state index is 12.2. The van der Waals surface area contributed by atoms with Crippen LogP contribution in [-0.4, -0.2) is 34.6 Å². The predicted molar refractivity (Wildman–Crippen MR) is 77.0 cm³/mol. The number of piperidine rings is 1. The molecule has 1 heterocycles. The summed E-state index contributed by atoms with van der Waals surface area (Å²) >= 11 is 5.78. The number of urea groups is 1. The van der Waals surface area contributed by atoms with Gasteiger partial charge in [-0.1, -0.05) is 18.5 Å². The molecule has 0 radical (unpaired) electrons. The van der Waals surface area contributed by atoms with Crippen LogP contribution >= 0.6 is 11.6 Å². The number of hydrogen-bond donors (Lipinski definition) is 2. The Kier molecular flexibility index (Phi) is 4.49. The second kappa shape index (κ2) is 6.13. The number of aliphatic carboxylic acids is 1. The largest absolute Gasteiger partial charge is 0.480 e. The summed E-state index contributed by atoms with van der Waals surface area (Å²) in [7, 11) is 0. The van der Waals surface area contributed by atoms with E-state index in [4.69, 9.17) is 11.6 Å². The van der Waals surface area contributed by atoms with Crippen molar-refractivity contribution in [3.05, 3.63) is 29.3 Å². The highest BCUT2D eigenvalue weighted by Crippen LogP contribution is 2.24. The Bertz CT molecular complexity index is 504. The van der Waals surface area contributed by atoms with Crippen molar-refractivity contribution >= 4 is 29.3 Å². The highest BCUT2D eigenvalue weighted by Gasteiger charge is 2.34. The molecule has 1 aliphatic rings. The zero-order valence-electron chi connectivity index (χ0n) is 11.2. The highest BCUT2D eigenvalue weighted by atomic mass is 35.5. The Hall–Kier alpha value is -1.75. The van der Waals surface area contributed by atoms with Crippen molar-refractivity contribution < 1.29 is 14.7 Å². The first-order chi connectivity index (χ1) is 9.47. The van der Waals surface area contributed by atoms with Gasteiger partial charge >= 0.3 is 12.0 Å². The number of likely N-dealkylation sites (tertiary alicyclic amines) is 1. The molecule has 1 saturated heterocycles. The Balaban J connectivity index is 2.06. The summed E-state index contributed by atoms with van der Waals surface area (Å²) < 4.78 is 0. The van der Waals surface area contributed by atoms with E-state index in [1.54, 1.807) is 24.3 Å². The van der Waals surface area contributed by atoms with Crippen LogP contribution in [0.1, 0.15) is 19.8 Å². The topological polar surface area (TPSA) is 69.6 Å². The van der Waals surface area contributed by atoms with Gasteiger partial charge in [-0.25, -0.2) is 9.59 Å². The van der Waals surface area contributed by atoms with Gasteiger partial charge in [0.15, 0.2) is 0 Å². The minimum absolute atomic E-state index is 0.315. The van der Waals surface area contributed by atoms with E-state index in [9.17, 15) is 14.7 Å². The van der Waals surface area contributed by atoms with Gasteiger partial charge in [0, 0.05) is 17.3 Å². The fourth-order valence-electron chi connectivity index (χ4n) is 2.35. The lowest BCUT2D eigenvalue weighted by Gasteiger charge is -2.35. The second-order valence-electron chi connectivity index (χ2n) is 5.11. The minimum Gasteiger partial charge on any atom is -0.480 e. The average molecular weight is 297 g/mol. The molecular formula is C14H17ClN2O3. The van der Waals surface area contributed by atoms with Crippen LogP contribution in [-0.2, 0) is 4.79 Å². The summed E-state index contributed by atoms with van der Waals surface area (Å²) in [5, 5.41) is 12.5. The standard InChI is InChI=1S/C14H17ClN2O3/c1-9-6-7-17(12(8-9)13(18)19)14(20)16-11-4-2-10(15)3-5-11/h2-5,9,12H,6-8H2,1H3,(H,16,20)(H,18,19). The Morgan fingerprint density at radius 3 is 2.60 bits per heavy atom. The van der Waals surface area contributed by atoms with Crippen molar-refractivity contribution in [3.8, 4) is 0 Å². The lowest BCUT2D eigenvalue weighted by Crippen LogP contribution is -2.51. The first-order valence-electron chi connectivity index (χ1n) is 6.53. The van der Waals surface area contributed by atoms with Gasteiger partial charge in [-0.15, -0.1) is 0 Å². The zero-order valence-corrected chi connectivity index (χ0v) is 11.9. The van der Waals surface area contributed by atoms with E-state index in [0.29, 0.717) is 29.6 Å². The summed E-state index contributed by atoms with van der Waals surface area (Å²) in [6, 6.07) is 5.57. The molecule has 1 aromatic carbocycles. The average Bonchev–Trinajstić information content (AvgIpc) is 2.41. The van der Waals surface area contributed by atoms with Gasteiger partial charge in [-0.05, 0) is 43.0 Å². The van der Waals surface area contributed by atoms with E-state index in [-0.39, 0.29) is 6.03 Å². The molecule has 0 aromatic heterocycles. The van der Waals surface area contributed by atoms with Gasteiger partial charge in [0.1, 0.15) is 6.04 Å². The van der Waals surface area contributed by atoms with Gasteiger partial charge in [-0.3, -0.25) is 0 Å². The molecule has 6 heteroatoms. The molecule has 2 atom stereocenters. The summed E-state index contributed by atoms with van der Waals surface area (Å²) in [6.07, 6.45) is 1.31. The van der Waals surface area contributed by atoms with Gasteiger partial charge in [-0.2, -0.15) is 0 Å². The van der Waals surface area contributed by atoms with Gasteiger partial charge in [0.05, 0.1) is 0 Å². The number of carbonyl (C=O) groups is 2. The number of amides is 2. The summed E-state index contributed by atoms with van der Waals surface area (Å²) in [5.74, 6) is -0.640. The number of hydrogen-bond acceptors (Lipinski definition) is 2. The van der Waals surface area contributed by atoms with E-state index in [2.05, 4.69) is 5.32 Å². The molecule has 2 amide bonds. The van der Waals surface area contributed by atoms with E-state index in [0.717, 1.165) is 6.42 Å². The fourth-order valence-corrected chi connectivity index (χ4v) is 2.47. The van der Waals surface area contributed by atoms with Crippen molar-refractivity contribution in [2.75, 3.05) is 11.9 Å². The molecule has 2 unspecified atom stereocenters. The molecule has 2 rings (SSSR count). The predicted octanol–water partition coefficient (Wildman–Crippen LogP) is 3.06. The number of nitrogens with one attached hydrogen (secondary N) is 1. The number of halogens is 1. The third-order valence-corrected chi connectivity index (χ3v) is 3.76. The van der Waals surface area contributed by atoms with E-state index in [1.165, 1.54) is 4.90 Å². The zero-order chi connectivity index (χ0) is 14.7. The van der Waals surface area contributed by atoms with Crippen LogP contribution in [0.4, 0.5) is 10.5 Å². The Morgan fingerprint density at radius 2 is 2.00 bits per heavy atom. The molecule has 108 valence electrons. The van der Waals surface area contributed by atoms with Crippen molar-refractivity contribution in [2.24, 2.45) is 5.92 Å². The Morgan fingerprint density at radius 1 is 1.35 bits per heavy atom. The third-order valence-electron chi connectivity index (χ3n) is 3.51. The SMILES string of the molecule is CC1CCN(C(=O)Nc2ccc(Cl)cc2)C(C(=O)O)C1. The molecule has 0 saturated carbocycles. The normalized spacial score (nSPS) is 22.4. The van der Waals surface area contributed by atoms with Gasteiger partial charge < -0.3 is 15.3 Å². The van der Waals surface area contributed by atoms with Crippen LogP contribution in [0.3, 0.4) is 0 Å². The maximum absolute atomic E-state index is 12.2. The molecule has 0 bridgehead atoms. The van der Waals surface area contributed by atoms with Crippen molar-refractivity contribution in [3.63, 3.8) is 0 Å². The van der Waals surface area contributed by atoms with E-state index < -0.39 is 12.0 Å². The molecule has 0 aliphatic carbocycles. The molecule has 2 N–H and O–H groups in total. The molecule has 1 aromatic rings. The monoisotopic (exact) mass is 296 g/mol. The van der Waals surface area contributed by atoms with Crippen LogP contribution in [0.25, 0.3) is 0 Å². The first kappa shape index (κ1) is 14.7. The van der Waals surface area contributed by atoms with E-state index >= 15 is 0 Å². The first-order valence-corrected chi connectivity index (χ1v) is 6.91. The van der Waals surface area contributed by atoms with Crippen LogP contribution in [0, 0.1) is 5.92 Å². The molecule has 1 fully saturated rings. The number of rotatable bonds is 2. The number of carboxylic acid groups (broad SMARTS) is 1. The molecule has 20 heavy (non-hydrogen) atoms. The molecule has 5 nitrogen and oxygen atoms in total. The number of nitrogens with zero attached hydrogens (tertiary/aromatic N) is 1. The second-order valence-corrected chi connectivity index (χ2v) is 5.55. The number of carbonyl (C=O) groups excluding carboxylic acids is 1. The summed E-state index contributed by atoms with van der Waals surface area (Å²) in [5.41, 5.74) is 0.599. The number of carboxylic acids is 1. The van der Waals surface area contributed by atoms with Gasteiger partial charge in [0.25, 0.3) is 0 Å². The van der Waals surface area contributed by atoms with Crippen LogP contribution in [0.2, 0.25) is 5.02 Å². The summed E-state index contributed by atoms with van der Waals surface area (Å²) in [4.78, 5) is 24.9. The minimum atomic E-state index is -0.956. The van der Waals surface area contributed by atoms with Crippen molar-refractivity contribution in [2.45, 2.75) is 25.8 Å². The number of anilines is 1. The smallest absolute Gasteiger partial charge is 0.326 e. The van der Waals surface area contributed by atoms with Crippen LogP contribution < -0.4 is 5.32 Å². The third kappa shape index (κ3) is 3.42. The van der Waals surface area contributed by atoms with Gasteiger partial charge in [0.2, 0.25) is 0 Å². The fraction of sp³-hybridized carbons (Fsp3) is 0.429. The number of benzene rings is 1. The molecular weight excluding hydrogens is 280 g/mol. The Labute approximate surface area is 122 Å². The maximum Gasteiger partial charge on any atom is 0.326 e.